The number of nitrogens with zero attached hydrogens (tertiary/aromatic N) is 2. The van der Waals surface area contributed by atoms with Gasteiger partial charge >= 0.3 is 6.18 Å². The monoisotopic (exact) mass is 482 g/mol. The predicted molar refractivity (Wildman–Crippen MR) is 128 cm³/mol. The van der Waals surface area contributed by atoms with Crippen LogP contribution in [0.2, 0.25) is 0 Å². The lowest BCUT2D eigenvalue weighted by molar-refractivity contribution is -0.137. The zero-order valence-electron chi connectivity index (χ0n) is 19.4. The van der Waals surface area contributed by atoms with Crippen LogP contribution in [-0.4, -0.2) is 32.0 Å². The molecule has 4 rings (SSSR count). The fourth-order valence-electron chi connectivity index (χ4n) is 4.40. The maximum absolute atomic E-state index is 13.6. The van der Waals surface area contributed by atoms with Crippen molar-refractivity contribution in [1.29, 1.82) is 0 Å². The summed E-state index contributed by atoms with van der Waals surface area (Å²) in [6.07, 6.45) is -4.04. The molecule has 1 aliphatic heterocycles. The van der Waals surface area contributed by atoms with Gasteiger partial charge in [-0.25, -0.2) is 0 Å². The number of anilines is 2. The number of amides is 2. The van der Waals surface area contributed by atoms with Gasteiger partial charge in [0.25, 0.3) is 5.91 Å². The summed E-state index contributed by atoms with van der Waals surface area (Å²) in [6, 6.07) is 18.7. The van der Waals surface area contributed by atoms with Gasteiger partial charge in [0.15, 0.2) is 0 Å². The second kappa shape index (κ2) is 9.82. The van der Waals surface area contributed by atoms with E-state index < -0.39 is 17.7 Å². The molecular formula is C27H25F3N2O3. The first-order chi connectivity index (χ1) is 16.7. The van der Waals surface area contributed by atoms with E-state index >= 15 is 0 Å². The highest BCUT2D eigenvalue weighted by atomic mass is 19.4. The van der Waals surface area contributed by atoms with Crippen molar-refractivity contribution in [3.05, 3.63) is 89.5 Å². The van der Waals surface area contributed by atoms with Crippen LogP contribution in [0.5, 0.6) is 5.75 Å². The molecule has 1 atom stereocenters. The molecule has 1 heterocycles. The Hall–Kier alpha value is -3.81. The van der Waals surface area contributed by atoms with E-state index in [1.54, 1.807) is 43.2 Å². The second-order valence-electron chi connectivity index (χ2n) is 8.21. The number of rotatable bonds is 5. The van der Waals surface area contributed by atoms with Crippen LogP contribution >= 0.6 is 0 Å². The summed E-state index contributed by atoms with van der Waals surface area (Å²) in [6.45, 7) is 2.42. The number of alkyl halides is 3. The van der Waals surface area contributed by atoms with Gasteiger partial charge in [-0.1, -0.05) is 18.2 Å². The third-order valence-corrected chi connectivity index (χ3v) is 6.21. The zero-order chi connectivity index (χ0) is 25.2. The Bertz CT molecular complexity index is 1210. The summed E-state index contributed by atoms with van der Waals surface area (Å²) < 4.78 is 44.0. The van der Waals surface area contributed by atoms with Gasteiger partial charge in [0.1, 0.15) is 5.75 Å². The number of hydrogen-bond donors (Lipinski definition) is 0. The van der Waals surface area contributed by atoms with E-state index in [0.717, 1.165) is 17.7 Å². The smallest absolute Gasteiger partial charge is 0.416 e. The number of fused-ring (bicyclic) bond motifs is 1. The molecule has 0 aliphatic carbocycles. The van der Waals surface area contributed by atoms with E-state index in [9.17, 15) is 22.8 Å². The highest BCUT2D eigenvalue weighted by molar-refractivity contribution is 6.08. The van der Waals surface area contributed by atoms with Gasteiger partial charge in [-0.2, -0.15) is 13.2 Å². The van der Waals surface area contributed by atoms with Crippen molar-refractivity contribution in [3.63, 3.8) is 0 Å². The lowest BCUT2D eigenvalue weighted by atomic mass is 9.88. The minimum Gasteiger partial charge on any atom is -0.497 e. The minimum atomic E-state index is -4.44. The van der Waals surface area contributed by atoms with Crippen molar-refractivity contribution in [2.24, 2.45) is 0 Å². The molecule has 1 aliphatic rings. The van der Waals surface area contributed by atoms with Gasteiger partial charge in [0, 0.05) is 30.0 Å². The normalized spacial score (nSPS) is 15.3. The molecule has 0 unspecified atom stereocenters. The van der Waals surface area contributed by atoms with E-state index in [0.29, 0.717) is 42.2 Å². The number of carbonyl (C=O) groups excluding carboxylic acids is 2. The summed E-state index contributed by atoms with van der Waals surface area (Å²) in [5, 5.41) is 0. The highest BCUT2D eigenvalue weighted by Gasteiger charge is 2.35. The molecule has 0 saturated heterocycles. The average molecular weight is 483 g/mol. The summed E-state index contributed by atoms with van der Waals surface area (Å²) in [7, 11) is 1.55. The predicted octanol–water partition coefficient (Wildman–Crippen LogP) is 5.90. The zero-order valence-corrected chi connectivity index (χ0v) is 19.4. The maximum Gasteiger partial charge on any atom is 0.416 e. The minimum absolute atomic E-state index is 0.180. The molecule has 0 bridgehead atoms. The molecule has 8 heteroatoms. The fourth-order valence-corrected chi connectivity index (χ4v) is 4.40. The number of carbonyl (C=O) groups is 2. The van der Waals surface area contributed by atoms with Gasteiger partial charge in [-0.15, -0.1) is 0 Å². The van der Waals surface area contributed by atoms with Crippen molar-refractivity contribution in [2.45, 2.75) is 25.4 Å². The third kappa shape index (κ3) is 4.87. The van der Waals surface area contributed by atoms with E-state index in [-0.39, 0.29) is 11.8 Å². The molecule has 3 aromatic rings. The van der Waals surface area contributed by atoms with E-state index in [1.807, 2.05) is 24.3 Å². The highest BCUT2D eigenvalue weighted by Crippen LogP contribution is 2.38. The fraction of sp³-hybridized carbons (Fsp3) is 0.259. The summed E-state index contributed by atoms with van der Waals surface area (Å²) in [4.78, 5) is 30.0. The van der Waals surface area contributed by atoms with Gasteiger partial charge < -0.3 is 14.5 Å². The quantitative estimate of drug-likeness (QED) is 0.455. The van der Waals surface area contributed by atoms with E-state index in [2.05, 4.69) is 0 Å². The van der Waals surface area contributed by atoms with Gasteiger partial charge in [-0.3, -0.25) is 9.59 Å². The van der Waals surface area contributed by atoms with Crippen molar-refractivity contribution < 1.29 is 27.5 Å². The lowest BCUT2D eigenvalue weighted by Crippen LogP contribution is -2.42. The Morgan fingerprint density at radius 1 is 1.00 bits per heavy atom. The van der Waals surface area contributed by atoms with Crippen molar-refractivity contribution in [3.8, 4) is 5.75 Å². The Morgan fingerprint density at radius 3 is 2.26 bits per heavy atom. The number of hydrogen-bond acceptors (Lipinski definition) is 3. The molecule has 3 aromatic carbocycles. The lowest BCUT2D eigenvalue weighted by Gasteiger charge is -2.36. The largest absolute Gasteiger partial charge is 0.497 e. The van der Waals surface area contributed by atoms with E-state index in [4.69, 9.17) is 4.74 Å². The molecular weight excluding hydrogens is 457 g/mol. The van der Waals surface area contributed by atoms with Crippen molar-refractivity contribution in [2.75, 3.05) is 30.0 Å². The van der Waals surface area contributed by atoms with Crippen LogP contribution < -0.4 is 14.5 Å². The summed E-state index contributed by atoms with van der Waals surface area (Å²) in [5.74, 6) is -0.264. The number of benzene rings is 3. The van der Waals surface area contributed by atoms with Crippen LogP contribution in [0.1, 0.15) is 40.7 Å². The number of likely N-dealkylation sites (N-methyl/N-ethyl adjacent to an activating group) is 1. The molecule has 5 nitrogen and oxygen atoms in total. The number of para-hydroxylation sites is 1. The summed E-state index contributed by atoms with van der Waals surface area (Å²) in [5.41, 5.74) is 1.52. The van der Waals surface area contributed by atoms with Gasteiger partial charge in [0.05, 0.1) is 18.6 Å². The van der Waals surface area contributed by atoms with Crippen LogP contribution in [0.25, 0.3) is 0 Å². The first-order valence-electron chi connectivity index (χ1n) is 11.3. The van der Waals surface area contributed by atoms with E-state index in [1.165, 1.54) is 17.0 Å². The Kier molecular flexibility index (Phi) is 6.82. The van der Waals surface area contributed by atoms with Crippen LogP contribution in [-0.2, 0) is 11.0 Å². The topological polar surface area (TPSA) is 49.9 Å². The van der Waals surface area contributed by atoms with Crippen molar-refractivity contribution >= 4 is 23.2 Å². The van der Waals surface area contributed by atoms with Crippen LogP contribution in [0, 0.1) is 0 Å². The third-order valence-electron chi connectivity index (χ3n) is 6.21. The average Bonchev–Trinajstić information content (AvgIpc) is 2.88. The standard InChI is InChI=1S/C27H25F3N2O3/c1-3-31(20-12-10-19(11-13-20)27(28,29)30)26(34)23-16-17-32(24-7-5-4-6-22(23)24)25(33)18-8-14-21(35-2)15-9-18/h4-15,23H,3,16-17H2,1-2H3/t23-/m0/s1. The molecule has 0 saturated carbocycles. The Balaban J connectivity index is 1.61. The summed E-state index contributed by atoms with van der Waals surface area (Å²) >= 11 is 0. The number of methoxy groups -OCH3 is 1. The molecule has 0 N–H and O–H groups in total. The molecule has 0 fully saturated rings. The van der Waals surface area contributed by atoms with Crippen molar-refractivity contribution in [1.82, 2.24) is 0 Å². The number of ether oxygens (including phenoxy) is 1. The number of halogens is 3. The van der Waals surface area contributed by atoms with Gasteiger partial charge in [-0.05, 0) is 73.5 Å². The Morgan fingerprint density at radius 2 is 1.66 bits per heavy atom. The second-order valence-corrected chi connectivity index (χ2v) is 8.21. The molecule has 0 spiro atoms. The van der Waals surface area contributed by atoms with Gasteiger partial charge in [0.2, 0.25) is 5.91 Å². The maximum atomic E-state index is 13.6. The molecule has 2 amide bonds. The Labute approximate surface area is 201 Å². The van der Waals surface area contributed by atoms with Crippen LogP contribution in [0.15, 0.2) is 72.8 Å². The van der Waals surface area contributed by atoms with Crippen LogP contribution in [0.3, 0.4) is 0 Å². The molecule has 182 valence electrons. The SMILES string of the molecule is CCN(C(=O)[C@H]1CCN(C(=O)c2ccc(OC)cc2)c2ccccc21)c1ccc(C(F)(F)F)cc1. The first kappa shape index (κ1) is 24.3. The van der Waals surface area contributed by atoms with Crippen LogP contribution in [0.4, 0.5) is 24.5 Å². The first-order valence-corrected chi connectivity index (χ1v) is 11.3. The molecule has 0 radical (unpaired) electrons. The molecule has 35 heavy (non-hydrogen) atoms. The molecule has 0 aromatic heterocycles.